The monoisotopic (exact) mass is 548 g/mol. The fourth-order valence-electron chi connectivity index (χ4n) is 6.43. The Bertz CT molecular complexity index is 2500. The predicted molar refractivity (Wildman–Crippen MR) is 178 cm³/mol. The van der Waals surface area contributed by atoms with Crippen molar-refractivity contribution in [3.05, 3.63) is 146 Å². The summed E-state index contributed by atoms with van der Waals surface area (Å²) in [5, 5.41) is 6.95. The molecule has 2 aromatic heterocycles. The molecular weight excluding hydrogens is 524 g/mol. The largest absolute Gasteiger partial charge is 0.455 e. The third-order valence-electron chi connectivity index (χ3n) is 8.45. The van der Waals surface area contributed by atoms with Crippen LogP contribution in [0.5, 0.6) is 0 Å². The van der Waals surface area contributed by atoms with Gasteiger partial charge in [-0.3, -0.25) is 0 Å². The van der Waals surface area contributed by atoms with Crippen molar-refractivity contribution in [3.63, 3.8) is 0 Å². The first kappa shape index (κ1) is 23.9. The molecule has 0 saturated carbocycles. The van der Waals surface area contributed by atoms with Crippen molar-refractivity contribution in [2.24, 2.45) is 0 Å². The number of fused-ring (bicyclic) bond motifs is 7. The Balaban J connectivity index is 1.31. The lowest BCUT2D eigenvalue weighted by Crippen LogP contribution is -1.95. The van der Waals surface area contributed by atoms with E-state index in [1.54, 1.807) is 0 Å². The minimum atomic E-state index is 0.835. The van der Waals surface area contributed by atoms with E-state index in [1.807, 2.05) is 42.5 Å². The maximum absolute atomic E-state index is 6.69. The molecule has 0 amide bonds. The van der Waals surface area contributed by atoms with Crippen LogP contribution in [0.1, 0.15) is 0 Å². The molecule has 0 atom stereocenters. The Kier molecular flexibility index (Phi) is 5.20. The van der Waals surface area contributed by atoms with Gasteiger partial charge in [-0.15, -0.1) is 0 Å². The molecule has 2 heterocycles. The van der Waals surface area contributed by atoms with Crippen LogP contribution in [-0.2, 0) is 0 Å². The van der Waals surface area contributed by atoms with Gasteiger partial charge in [0, 0.05) is 27.3 Å². The number of para-hydroxylation sites is 2. The molecule has 3 nitrogen and oxygen atoms in total. The lowest BCUT2D eigenvalue weighted by molar-refractivity contribution is 0.673. The first-order chi connectivity index (χ1) is 21.3. The Labute approximate surface area is 247 Å². The topological polar surface area (TPSA) is 38.9 Å². The first-order valence-electron chi connectivity index (χ1n) is 14.5. The number of furan rings is 1. The number of aromatic nitrogens is 2. The summed E-state index contributed by atoms with van der Waals surface area (Å²) in [5.41, 5.74) is 9.62. The third kappa shape index (κ3) is 3.75. The minimum absolute atomic E-state index is 0.835. The second-order valence-electron chi connectivity index (χ2n) is 11.0. The Morgan fingerprint density at radius 3 is 1.86 bits per heavy atom. The molecule has 43 heavy (non-hydrogen) atoms. The van der Waals surface area contributed by atoms with Gasteiger partial charge in [-0.05, 0) is 57.6 Å². The van der Waals surface area contributed by atoms with Crippen LogP contribution >= 0.6 is 0 Å². The number of hydrogen-bond acceptors (Lipinski definition) is 3. The second-order valence-corrected chi connectivity index (χ2v) is 11.0. The van der Waals surface area contributed by atoms with E-state index in [0.29, 0.717) is 0 Å². The SMILES string of the molecule is c1ccc(-c2nc3ccccc3nc2-c2ccc3c(c2)oc2c4ccccc4c(-c4cccc5ccccc45)cc32)cc1. The van der Waals surface area contributed by atoms with E-state index in [2.05, 4.69) is 103 Å². The second kappa shape index (κ2) is 9.37. The summed E-state index contributed by atoms with van der Waals surface area (Å²) >= 11 is 0. The zero-order chi connectivity index (χ0) is 28.3. The molecule has 200 valence electrons. The van der Waals surface area contributed by atoms with Gasteiger partial charge in [-0.2, -0.15) is 0 Å². The van der Waals surface area contributed by atoms with Crippen LogP contribution in [0.4, 0.5) is 0 Å². The summed E-state index contributed by atoms with van der Waals surface area (Å²) in [6, 6.07) is 50.7. The Morgan fingerprint density at radius 2 is 1.05 bits per heavy atom. The fourth-order valence-corrected chi connectivity index (χ4v) is 6.43. The van der Waals surface area contributed by atoms with Crippen LogP contribution in [0.15, 0.2) is 150 Å². The molecule has 0 N–H and O–H groups in total. The quantitative estimate of drug-likeness (QED) is 0.220. The summed E-state index contributed by atoms with van der Waals surface area (Å²) < 4.78 is 6.69. The van der Waals surface area contributed by atoms with Crippen LogP contribution in [0, 0.1) is 0 Å². The molecule has 0 spiro atoms. The number of rotatable bonds is 3. The average Bonchev–Trinajstić information content (AvgIpc) is 3.45. The molecule has 0 aliphatic carbocycles. The van der Waals surface area contributed by atoms with Crippen molar-refractivity contribution < 1.29 is 4.42 Å². The van der Waals surface area contributed by atoms with Crippen molar-refractivity contribution in [2.75, 3.05) is 0 Å². The predicted octanol–water partition coefficient (Wildman–Crippen LogP) is 10.8. The van der Waals surface area contributed by atoms with Gasteiger partial charge >= 0.3 is 0 Å². The van der Waals surface area contributed by atoms with Crippen molar-refractivity contribution in [3.8, 4) is 33.6 Å². The Morgan fingerprint density at radius 1 is 0.395 bits per heavy atom. The minimum Gasteiger partial charge on any atom is -0.455 e. The van der Waals surface area contributed by atoms with Crippen LogP contribution in [0.3, 0.4) is 0 Å². The van der Waals surface area contributed by atoms with E-state index in [-0.39, 0.29) is 0 Å². The highest BCUT2D eigenvalue weighted by molar-refractivity contribution is 6.20. The zero-order valence-corrected chi connectivity index (χ0v) is 23.2. The molecule has 0 fully saturated rings. The molecule has 0 aliphatic rings. The number of nitrogens with zero attached hydrogens (tertiary/aromatic N) is 2. The Hall–Kier alpha value is -5.80. The van der Waals surface area contributed by atoms with Gasteiger partial charge in [0.2, 0.25) is 0 Å². The maximum Gasteiger partial charge on any atom is 0.143 e. The molecule has 0 aliphatic heterocycles. The molecule has 7 aromatic carbocycles. The molecule has 9 rings (SSSR count). The van der Waals surface area contributed by atoms with Gasteiger partial charge in [-0.1, -0.05) is 115 Å². The van der Waals surface area contributed by atoms with Crippen molar-refractivity contribution in [1.29, 1.82) is 0 Å². The van der Waals surface area contributed by atoms with Crippen molar-refractivity contribution in [2.45, 2.75) is 0 Å². The highest BCUT2D eigenvalue weighted by atomic mass is 16.3. The lowest BCUT2D eigenvalue weighted by atomic mass is 9.92. The van der Waals surface area contributed by atoms with E-state index in [9.17, 15) is 0 Å². The van der Waals surface area contributed by atoms with E-state index >= 15 is 0 Å². The van der Waals surface area contributed by atoms with Crippen LogP contribution in [-0.4, -0.2) is 9.97 Å². The van der Waals surface area contributed by atoms with Crippen LogP contribution in [0.25, 0.3) is 88.2 Å². The standard InChI is InChI=1S/C40H24N2O/c1-2-12-26(13-3-1)38-39(42-36-20-9-8-19-35(36)41-38)27-21-22-31-34-24-33(29-18-10-14-25-11-4-5-15-28(25)29)30-16-6-7-17-32(30)40(34)43-37(31)23-27/h1-24H. The summed E-state index contributed by atoms with van der Waals surface area (Å²) in [6.45, 7) is 0. The smallest absolute Gasteiger partial charge is 0.143 e. The first-order valence-corrected chi connectivity index (χ1v) is 14.5. The zero-order valence-electron chi connectivity index (χ0n) is 23.2. The number of hydrogen-bond donors (Lipinski definition) is 0. The summed E-state index contributed by atoms with van der Waals surface area (Å²) in [6.07, 6.45) is 0. The van der Waals surface area contributed by atoms with E-state index in [1.165, 1.54) is 27.3 Å². The maximum atomic E-state index is 6.69. The third-order valence-corrected chi connectivity index (χ3v) is 8.45. The van der Waals surface area contributed by atoms with Gasteiger partial charge in [0.05, 0.1) is 22.4 Å². The molecule has 0 saturated heterocycles. The molecule has 0 bridgehead atoms. The van der Waals surface area contributed by atoms with Crippen molar-refractivity contribution >= 4 is 54.5 Å². The van der Waals surface area contributed by atoms with Gasteiger partial charge in [0.1, 0.15) is 11.2 Å². The van der Waals surface area contributed by atoms with E-state index < -0.39 is 0 Å². The normalized spacial score (nSPS) is 11.7. The van der Waals surface area contributed by atoms with Gasteiger partial charge in [-0.25, -0.2) is 9.97 Å². The highest BCUT2D eigenvalue weighted by Gasteiger charge is 2.18. The molecule has 3 heteroatoms. The highest BCUT2D eigenvalue weighted by Crippen LogP contribution is 2.42. The molecule has 0 radical (unpaired) electrons. The van der Waals surface area contributed by atoms with Crippen molar-refractivity contribution in [1.82, 2.24) is 9.97 Å². The van der Waals surface area contributed by atoms with Gasteiger partial charge in [0.25, 0.3) is 0 Å². The van der Waals surface area contributed by atoms with E-state index in [4.69, 9.17) is 14.4 Å². The van der Waals surface area contributed by atoms with E-state index in [0.717, 1.165) is 60.9 Å². The molecule has 0 unspecified atom stereocenters. The van der Waals surface area contributed by atoms with Crippen LogP contribution < -0.4 is 0 Å². The fraction of sp³-hybridized carbons (Fsp3) is 0. The number of benzene rings is 7. The summed E-state index contributed by atoms with van der Waals surface area (Å²) in [4.78, 5) is 10.2. The summed E-state index contributed by atoms with van der Waals surface area (Å²) in [7, 11) is 0. The summed E-state index contributed by atoms with van der Waals surface area (Å²) in [5.74, 6) is 0. The molecular formula is C40H24N2O. The van der Waals surface area contributed by atoms with Gasteiger partial charge < -0.3 is 4.42 Å². The lowest BCUT2D eigenvalue weighted by Gasteiger charge is -2.11. The van der Waals surface area contributed by atoms with Gasteiger partial charge in [0.15, 0.2) is 0 Å². The van der Waals surface area contributed by atoms with Crippen LogP contribution in [0.2, 0.25) is 0 Å². The average molecular weight is 549 g/mol. The molecule has 9 aromatic rings.